The van der Waals surface area contributed by atoms with Crippen LogP contribution in [0.3, 0.4) is 0 Å². The SMILES string of the molecule is C=CC(=O)NC1CCOc2cc(Oc3cccc(C(F)(F)F)c3)ccc21. The van der Waals surface area contributed by atoms with Crippen molar-refractivity contribution in [1.29, 1.82) is 0 Å². The number of ether oxygens (including phenoxy) is 2. The zero-order chi connectivity index (χ0) is 18.7. The van der Waals surface area contributed by atoms with Gasteiger partial charge in [0.1, 0.15) is 17.2 Å². The third-order valence-corrected chi connectivity index (χ3v) is 3.92. The van der Waals surface area contributed by atoms with Crippen molar-refractivity contribution < 1.29 is 27.4 Å². The van der Waals surface area contributed by atoms with Crippen LogP contribution >= 0.6 is 0 Å². The third kappa shape index (κ3) is 3.99. The second kappa shape index (κ2) is 7.11. The number of hydrogen-bond donors (Lipinski definition) is 1. The van der Waals surface area contributed by atoms with Crippen LogP contribution in [0, 0.1) is 0 Å². The van der Waals surface area contributed by atoms with Crippen LogP contribution in [0.25, 0.3) is 0 Å². The maximum absolute atomic E-state index is 12.8. The Labute approximate surface area is 148 Å². The molecule has 2 aromatic carbocycles. The van der Waals surface area contributed by atoms with E-state index in [1.165, 1.54) is 18.2 Å². The highest BCUT2D eigenvalue weighted by molar-refractivity contribution is 5.87. The summed E-state index contributed by atoms with van der Waals surface area (Å²) in [6.07, 6.45) is -2.63. The molecule has 3 rings (SSSR count). The number of carbonyl (C=O) groups excluding carboxylic acids is 1. The van der Waals surface area contributed by atoms with Gasteiger partial charge in [-0.2, -0.15) is 13.2 Å². The van der Waals surface area contributed by atoms with Crippen LogP contribution in [0.2, 0.25) is 0 Å². The molecule has 2 aromatic rings. The smallest absolute Gasteiger partial charge is 0.416 e. The third-order valence-electron chi connectivity index (χ3n) is 3.92. The van der Waals surface area contributed by atoms with Crippen LogP contribution in [-0.4, -0.2) is 12.5 Å². The minimum absolute atomic E-state index is 0.0760. The monoisotopic (exact) mass is 363 g/mol. The first-order valence-electron chi connectivity index (χ1n) is 7.91. The molecule has 0 aromatic heterocycles. The predicted octanol–water partition coefficient (Wildman–Crippen LogP) is 4.62. The standard InChI is InChI=1S/C19H16F3NO3/c1-2-18(24)23-16-8-9-25-17-11-14(6-7-15(16)17)26-13-5-3-4-12(10-13)19(20,21)22/h2-7,10-11,16H,1,8-9H2,(H,23,24). The number of carbonyl (C=O) groups is 1. The van der Waals surface area contributed by atoms with Crippen molar-refractivity contribution in [3.8, 4) is 17.2 Å². The van der Waals surface area contributed by atoms with E-state index in [1.54, 1.807) is 18.2 Å². The van der Waals surface area contributed by atoms with E-state index in [0.717, 1.165) is 17.7 Å². The van der Waals surface area contributed by atoms with Gasteiger partial charge in [0.2, 0.25) is 5.91 Å². The molecule has 1 atom stereocenters. The fourth-order valence-electron chi connectivity index (χ4n) is 2.69. The summed E-state index contributed by atoms with van der Waals surface area (Å²) in [4.78, 5) is 11.5. The van der Waals surface area contributed by atoms with E-state index in [-0.39, 0.29) is 17.7 Å². The molecular weight excluding hydrogens is 347 g/mol. The highest BCUT2D eigenvalue weighted by Crippen LogP contribution is 2.37. The lowest BCUT2D eigenvalue weighted by Crippen LogP contribution is -2.30. The molecule has 1 heterocycles. The Bertz CT molecular complexity index is 833. The minimum Gasteiger partial charge on any atom is -0.493 e. The lowest BCUT2D eigenvalue weighted by molar-refractivity contribution is -0.137. The maximum atomic E-state index is 12.8. The summed E-state index contributed by atoms with van der Waals surface area (Å²) in [5.41, 5.74) is -0.000691. The molecule has 1 N–H and O–H groups in total. The van der Waals surface area contributed by atoms with Gasteiger partial charge in [0.05, 0.1) is 18.2 Å². The van der Waals surface area contributed by atoms with Gasteiger partial charge in [-0.3, -0.25) is 4.79 Å². The molecule has 1 aliphatic rings. The Morgan fingerprint density at radius 1 is 1.23 bits per heavy atom. The van der Waals surface area contributed by atoms with Crippen LogP contribution in [0.4, 0.5) is 13.2 Å². The van der Waals surface area contributed by atoms with Gasteiger partial charge < -0.3 is 14.8 Å². The van der Waals surface area contributed by atoms with E-state index in [0.29, 0.717) is 24.5 Å². The van der Waals surface area contributed by atoms with Crippen LogP contribution < -0.4 is 14.8 Å². The van der Waals surface area contributed by atoms with Crippen molar-refractivity contribution in [1.82, 2.24) is 5.32 Å². The summed E-state index contributed by atoms with van der Waals surface area (Å²) in [6, 6.07) is 9.39. The quantitative estimate of drug-likeness (QED) is 0.806. The number of benzene rings is 2. The van der Waals surface area contributed by atoms with Crippen LogP contribution in [-0.2, 0) is 11.0 Å². The Morgan fingerprint density at radius 2 is 2.00 bits per heavy atom. The Balaban J connectivity index is 1.81. The van der Waals surface area contributed by atoms with Crippen molar-refractivity contribution in [2.45, 2.75) is 18.6 Å². The topological polar surface area (TPSA) is 47.6 Å². The zero-order valence-electron chi connectivity index (χ0n) is 13.7. The summed E-state index contributed by atoms with van der Waals surface area (Å²) in [5, 5.41) is 2.82. The molecule has 0 aliphatic carbocycles. The molecule has 1 unspecified atom stereocenters. The van der Waals surface area contributed by atoms with E-state index >= 15 is 0 Å². The van der Waals surface area contributed by atoms with Gasteiger partial charge in [-0.05, 0) is 36.4 Å². The summed E-state index contributed by atoms with van der Waals surface area (Å²) >= 11 is 0. The average Bonchev–Trinajstić information content (AvgIpc) is 2.61. The number of fused-ring (bicyclic) bond motifs is 1. The number of nitrogens with one attached hydrogen (secondary N) is 1. The molecule has 4 nitrogen and oxygen atoms in total. The number of alkyl halides is 3. The molecule has 1 amide bonds. The van der Waals surface area contributed by atoms with Gasteiger partial charge in [-0.1, -0.05) is 12.6 Å². The Hall–Kier alpha value is -2.96. The second-order valence-electron chi connectivity index (χ2n) is 5.73. The van der Waals surface area contributed by atoms with Crippen molar-refractivity contribution in [2.24, 2.45) is 0 Å². The molecular formula is C19H16F3NO3. The average molecular weight is 363 g/mol. The van der Waals surface area contributed by atoms with Crippen molar-refractivity contribution >= 4 is 5.91 Å². The van der Waals surface area contributed by atoms with Gasteiger partial charge in [0, 0.05) is 18.1 Å². The maximum Gasteiger partial charge on any atom is 0.416 e. The van der Waals surface area contributed by atoms with Gasteiger partial charge in [-0.15, -0.1) is 0 Å². The van der Waals surface area contributed by atoms with Gasteiger partial charge in [0.15, 0.2) is 0 Å². The number of hydrogen-bond acceptors (Lipinski definition) is 3. The molecule has 1 aliphatic heterocycles. The molecule has 0 bridgehead atoms. The minimum atomic E-state index is -4.44. The molecule has 136 valence electrons. The van der Waals surface area contributed by atoms with Gasteiger partial charge >= 0.3 is 6.18 Å². The van der Waals surface area contributed by atoms with E-state index < -0.39 is 11.7 Å². The predicted molar refractivity (Wildman–Crippen MR) is 89.2 cm³/mol. The normalized spacial score (nSPS) is 16.2. The second-order valence-corrected chi connectivity index (χ2v) is 5.73. The summed E-state index contributed by atoms with van der Waals surface area (Å²) in [5.74, 6) is 0.660. The molecule has 0 fully saturated rings. The lowest BCUT2D eigenvalue weighted by Gasteiger charge is -2.26. The van der Waals surface area contributed by atoms with E-state index in [9.17, 15) is 18.0 Å². The van der Waals surface area contributed by atoms with Gasteiger partial charge in [-0.25, -0.2) is 0 Å². The summed E-state index contributed by atoms with van der Waals surface area (Å²) < 4.78 is 49.5. The van der Waals surface area contributed by atoms with Crippen molar-refractivity contribution in [3.63, 3.8) is 0 Å². The largest absolute Gasteiger partial charge is 0.493 e. The van der Waals surface area contributed by atoms with E-state index in [2.05, 4.69) is 11.9 Å². The molecule has 0 radical (unpaired) electrons. The first-order valence-corrected chi connectivity index (χ1v) is 7.91. The molecule has 0 saturated heterocycles. The first kappa shape index (κ1) is 17.8. The fourth-order valence-corrected chi connectivity index (χ4v) is 2.69. The number of rotatable bonds is 4. The summed E-state index contributed by atoms with van der Waals surface area (Å²) in [7, 11) is 0. The summed E-state index contributed by atoms with van der Waals surface area (Å²) in [6.45, 7) is 3.83. The zero-order valence-corrected chi connectivity index (χ0v) is 13.7. The first-order chi connectivity index (χ1) is 12.4. The van der Waals surface area contributed by atoms with Crippen LogP contribution in [0.1, 0.15) is 23.6 Å². The number of halogens is 3. The van der Waals surface area contributed by atoms with Crippen LogP contribution in [0.15, 0.2) is 55.1 Å². The highest BCUT2D eigenvalue weighted by atomic mass is 19.4. The highest BCUT2D eigenvalue weighted by Gasteiger charge is 2.30. The molecule has 26 heavy (non-hydrogen) atoms. The molecule has 0 saturated carbocycles. The Morgan fingerprint density at radius 3 is 2.73 bits per heavy atom. The molecule has 7 heteroatoms. The lowest BCUT2D eigenvalue weighted by atomic mass is 10.0. The van der Waals surface area contributed by atoms with E-state index in [4.69, 9.17) is 9.47 Å². The number of amides is 1. The fraction of sp³-hybridized carbons (Fsp3) is 0.211. The van der Waals surface area contributed by atoms with Crippen molar-refractivity contribution in [3.05, 3.63) is 66.2 Å². The van der Waals surface area contributed by atoms with Crippen LogP contribution in [0.5, 0.6) is 17.2 Å². The van der Waals surface area contributed by atoms with Gasteiger partial charge in [0.25, 0.3) is 0 Å². The Kier molecular flexibility index (Phi) is 4.88. The van der Waals surface area contributed by atoms with E-state index in [1.807, 2.05) is 0 Å². The molecule has 0 spiro atoms. The van der Waals surface area contributed by atoms with Crippen molar-refractivity contribution in [2.75, 3.05) is 6.61 Å².